The summed E-state index contributed by atoms with van der Waals surface area (Å²) in [5, 5.41) is 2.93. The topological polar surface area (TPSA) is 55.1 Å². The molecule has 0 atom stereocenters. The zero-order valence-corrected chi connectivity index (χ0v) is 12.2. The van der Waals surface area contributed by atoms with E-state index in [4.69, 9.17) is 18.0 Å². The lowest BCUT2D eigenvalue weighted by molar-refractivity contribution is -0.125. The summed E-state index contributed by atoms with van der Waals surface area (Å²) >= 11 is 5.05. The zero-order chi connectivity index (χ0) is 14.0. The standard InChI is InChI=1S/C15H20N2OS/c1-10(2)11-4-6-12(7-5-11)17-14(18)15(13(16)19)8-3-9-15/h4-7,10H,3,8-9H2,1-2H3,(H2,16,19)(H,17,18). The summed E-state index contributed by atoms with van der Waals surface area (Å²) < 4.78 is 0. The van der Waals surface area contributed by atoms with Gasteiger partial charge in [0.05, 0.1) is 10.4 Å². The smallest absolute Gasteiger partial charge is 0.237 e. The van der Waals surface area contributed by atoms with Crippen LogP contribution in [-0.2, 0) is 4.79 Å². The molecule has 1 amide bonds. The van der Waals surface area contributed by atoms with Crippen molar-refractivity contribution in [2.45, 2.75) is 39.0 Å². The number of anilines is 1. The fraction of sp³-hybridized carbons (Fsp3) is 0.467. The Kier molecular flexibility index (Phi) is 3.90. The Balaban J connectivity index is 2.08. The minimum absolute atomic E-state index is 0.0662. The monoisotopic (exact) mass is 276 g/mol. The van der Waals surface area contributed by atoms with E-state index >= 15 is 0 Å². The van der Waals surface area contributed by atoms with E-state index in [1.54, 1.807) is 0 Å². The highest BCUT2D eigenvalue weighted by atomic mass is 32.1. The van der Waals surface area contributed by atoms with Crippen LogP contribution < -0.4 is 11.1 Å². The molecule has 0 bridgehead atoms. The number of amides is 1. The molecule has 0 aromatic heterocycles. The maximum absolute atomic E-state index is 12.3. The number of benzene rings is 1. The fourth-order valence-electron chi connectivity index (χ4n) is 2.32. The quantitative estimate of drug-likeness (QED) is 0.830. The molecule has 0 aliphatic heterocycles. The van der Waals surface area contributed by atoms with E-state index in [9.17, 15) is 4.79 Å². The van der Waals surface area contributed by atoms with Crippen LogP contribution in [0.25, 0.3) is 0 Å². The lowest BCUT2D eigenvalue weighted by Gasteiger charge is -2.39. The highest BCUT2D eigenvalue weighted by Crippen LogP contribution is 2.42. The lowest BCUT2D eigenvalue weighted by atomic mass is 9.68. The number of hydrogen-bond donors (Lipinski definition) is 2. The van der Waals surface area contributed by atoms with Crippen molar-refractivity contribution in [1.82, 2.24) is 0 Å². The molecule has 1 aliphatic carbocycles. The SMILES string of the molecule is CC(C)c1ccc(NC(=O)C2(C(N)=S)CCC2)cc1. The molecule has 1 aliphatic rings. The molecule has 19 heavy (non-hydrogen) atoms. The molecule has 0 heterocycles. The Bertz CT molecular complexity index is 489. The van der Waals surface area contributed by atoms with Crippen molar-refractivity contribution < 1.29 is 4.79 Å². The van der Waals surface area contributed by atoms with Gasteiger partial charge in [0.1, 0.15) is 0 Å². The molecule has 0 unspecified atom stereocenters. The number of thiocarbonyl (C=S) groups is 1. The van der Waals surface area contributed by atoms with Gasteiger partial charge in [-0.3, -0.25) is 4.79 Å². The van der Waals surface area contributed by atoms with Gasteiger partial charge in [-0.15, -0.1) is 0 Å². The van der Waals surface area contributed by atoms with Crippen molar-refractivity contribution in [1.29, 1.82) is 0 Å². The van der Waals surface area contributed by atoms with Gasteiger partial charge in [0.2, 0.25) is 5.91 Å². The number of nitrogens with one attached hydrogen (secondary N) is 1. The predicted molar refractivity (Wildman–Crippen MR) is 82.2 cm³/mol. The van der Waals surface area contributed by atoms with Gasteiger partial charge in [0, 0.05) is 5.69 Å². The molecular formula is C15H20N2OS. The summed E-state index contributed by atoms with van der Waals surface area (Å²) in [5.74, 6) is 0.419. The van der Waals surface area contributed by atoms with Crippen molar-refractivity contribution in [3.05, 3.63) is 29.8 Å². The molecule has 1 aromatic rings. The molecule has 102 valence electrons. The van der Waals surface area contributed by atoms with Crippen LogP contribution in [0.15, 0.2) is 24.3 Å². The minimum Gasteiger partial charge on any atom is -0.392 e. The Hall–Kier alpha value is -1.42. The number of carbonyl (C=O) groups excluding carboxylic acids is 1. The van der Waals surface area contributed by atoms with Crippen molar-refractivity contribution in [3.8, 4) is 0 Å². The second-order valence-corrected chi connectivity index (χ2v) is 5.97. The average Bonchev–Trinajstić information content (AvgIpc) is 2.27. The molecule has 2 rings (SSSR count). The molecule has 0 saturated heterocycles. The van der Waals surface area contributed by atoms with E-state index in [0.717, 1.165) is 24.9 Å². The van der Waals surface area contributed by atoms with Crippen LogP contribution in [0.2, 0.25) is 0 Å². The van der Waals surface area contributed by atoms with Crippen molar-refractivity contribution in [2.24, 2.45) is 11.1 Å². The maximum Gasteiger partial charge on any atom is 0.237 e. The average molecular weight is 276 g/mol. The van der Waals surface area contributed by atoms with Gasteiger partial charge in [-0.25, -0.2) is 0 Å². The highest BCUT2D eigenvalue weighted by molar-refractivity contribution is 7.80. The molecule has 1 saturated carbocycles. The van der Waals surface area contributed by atoms with Crippen molar-refractivity contribution in [2.75, 3.05) is 5.32 Å². The van der Waals surface area contributed by atoms with E-state index < -0.39 is 5.41 Å². The van der Waals surface area contributed by atoms with Gasteiger partial charge in [-0.1, -0.05) is 44.6 Å². The van der Waals surface area contributed by atoms with Gasteiger partial charge in [-0.05, 0) is 36.5 Å². The normalized spacial score (nSPS) is 16.8. The van der Waals surface area contributed by atoms with Crippen LogP contribution in [0.4, 0.5) is 5.69 Å². The van der Waals surface area contributed by atoms with E-state index in [2.05, 4.69) is 19.2 Å². The third kappa shape index (κ3) is 2.63. The van der Waals surface area contributed by atoms with Gasteiger partial charge in [-0.2, -0.15) is 0 Å². The maximum atomic E-state index is 12.3. The number of nitrogens with two attached hydrogens (primary N) is 1. The number of hydrogen-bond acceptors (Lipinski definition) is 2. The van der Waals surface area contributed by atoms with Gasteiger partial charge in [0.25, 0.3) is 0 Å². The molecule has 3 N–H and O–H groups in total. The molecule has 3 nitrogen and oxygen atoms in total. The van der Waals surface area contributed by atoms with Crippen LogP contribution in [0, 0.1) is 5.41 Å². The van der Waals surface area contributed by atoms with Crippen molar-refractivity contribution in [3.63, 3.8) is 0 Å². The molecule has 1 fully saturated rings. The summed E-state index contributed by atoms with van der Waals surface area (Å²) in [6.45, 7) is 4.29. The number of rotatable bonds is 4. The van der Waals surface area contributed by atoms with Crippen LogP contribution in [0.5, 0.6) is 0 Å². The molecule has 1 aromatic carbocycles. The van der Waals surface area contributed by atoms with E-state index in [0.29, 0.717) is 10.9 Å². The van der Waals surface area contributed by atoms with Crippen LogP contribution >= 0.6 is 12.2 Å². The van der Waals surface area contributed by atoms with Crippen LogP contribution in [0.1, 0.15) is 44.6 Å². The fourth-order valence-corrected chi connectivity index (χ4v) is 2.61. The largest absolute Gasteiger partial charge is 0.392 e. The third-order valence-electron chi connectivity index (χ3n) is 3.95. The minimum atomic E-state index is -0.619. The van der Waals surface area contributed by atoms with E-state index in [1.165, 1.54) is 5.56 Å². The summed E-state index contributed by atoms with van der Waals surface area (Å²) in [4.78, 5) is 12.6. The molecule has 0 radical (unpaired) electrons. The lowest BCUT2D eigenvalue weighted by Crippen LogP contribution is -2.50. The highest BCUT2D eigenvalue weighted by Gasteiger charge is 2.46. The predicted octanol–water partition coefficient (Wildman–Crippen LogP) is 3.20. The van der Waals surface area contributed by atoms with E-state index in [1.807, 2.05) is 24.3 Å². The zero-order valence-electron chi connectivity index (χ0n) is 11.4. The second-order valence-electron chi connectivity index (χ2n) is 5.53. The summed E-state index contributed by atoms with van der Waals surface area (Å²) in [6.07, 6.45) is 2.54. The van der Waals surface area contributed by atoms with Gasteiger partial charge >= 0.3 is 0 Å². The Morgan fingerprint density at radius 3 is 2.26 bits per heavy atom. The number of carbonyl (C=O) groups is 1. The first-order valence-corrected chi connectivity index (χ1v) is 7.08. The molecular weight excluding hydrogens is 256 g/mol. The molecule has 0 spiro atoms. The molecule has 4 heteroatoms. The van der Waals surface area contributed by atoms with Gasteiger partial charge in [0.15, 0.2) is 0 Å². The Morgan fingerprint density at radius 1 is 1.32 bits per heavy atom. The van der Waals surface area contributed by atoms with Crippen molar-refractivity contribution >= 4 is 28.8 Å². The Labute approximate surface area is 119 Å². The van der Waals surface area contributed by atoms with E-state index in [-0.39, 0.29) is 5.91 Å². The van der Waals surface area contributed by atoms with Gasteiger partial charge < -0.3 is 11.1 Å². The first kappa shape index (κ1) is 14.0. The first-order valence-electron chi connectivity index (χ1n) is 6.67. The summed E-state index contributed by atoms with van der Waals surface area (Å²) in [5.41, 5.74) is 7.16. The van der Waals surface area contributed by atoms with Crippen LogP contribution in [0.3, 0.4) is 0 Å². The summed E-state index contributed by atoms with van der Waals surface area (Å²) in [7, 11) is 0. The third-order valence-corrected chi connectivity index (χ3v) is 4.34. The summed E-state index contributed by atoms with van der Waals surface area (Å²) in [6, 6.07) is 7.93. The Morgan fingerprint density at radius 2 is 1.89 bits per heavy atom. The van der Waals surface area contributed by atoms with Crippen LogP contribution in [-0.4, -0.2) is 10.9 Å². The first-order chi connectivity index (χ1) is 8.95. The second kappa shape index (κ2) is 5.29.